The summed E-state index contributed by atoms with van der Waals surface area (Å²) >= 11 is 3.27. The molecule has 0 amide bonds. The van der Waals surface area contributed by atoms with E-state index in [1.54, 1.807) is 24.4 Å². The summed E-state index contributed by atoms with van der Waals surface area (Å²) in [5.74, 6) is -0.719. The Morgan fingerprint density at radius 1 is 1.21 bits per heavy atom. The van der Waals surface area contributed by atoms with Gasteiger partial charge < -0.3 is 4.42 Å². The molecule has 0 unspecified atom stereocenters. The number of carbonyl (C=O) groups is 1. The highest BCUT2D eigenvalue weighted by Crippen LogP contribution is 2.17. The van der Waals surface area contributed by atoms with Crippen LogP contribution in [0.4, 0.5) is 0 Å². The third kappa shape index (κ3) is 2.22. The fourth-order valence-electron chi connectivity index (χ4n) is 1.79. The van der Waals surface area contributed by atoms with Crippen molar-refractivity contribution in [3.05, 3.63) is 62.8 Å². The minimum absolute atomic E-state index is 0.181. The highest BCUT2D eigenvalue weighted by Gasteiger charge is 2.12. The predicted octanol–water partition coefficient (Wildman–Crippen LogP) is 2.51. The Morgan fingerprint density at radius 2 is 2.05 bits per heavy atom. The molecule has 2 aromatic heterocycles. The van der Waals surface area contributed by atoms with Gasteiger partial charge in [-0.2, -0.15) is 0 Å². The minimum atomic E-state index is -0.538. The van der Waals surface area contributed by atoms with Gasteiger partial charge in [0.2, 0.25) is 0 Å². The number of halogens is 1. The lowest BCUT2D eigenvalue weighted by molar-refractivity contribution is 0.103. The molecule has 3 aromatic rings. The molecular formula is C13H7BrN2O3. The number of benzene rings is 1. The third-order valence-corrected chi connectivity index (χ3v) is 3.08. The number of aromatic amines is 1. The summed E-state index contributed by atoms with van der Waals surface area (Å²) in [5.41, 5.74) is 1.83. The number of hydrogen-bond acceptors (Lipinski definition) is 4. The van der Waals surface area contributed by atoms with E-state index in [1.807, 2.05) is 0 Å². The number of aromatic nitrogens is 2. The van der Waals surface area contributed by atoms with Crippen LogP contribution in [0.25, 0.3) is 11.1 Å². The topological polar surface area (TPSA) is 76.0 Å². The Balaban J connectivity index is 2.08. The molecule has 0 spiro atoms. The fraction of sp³-hybridized carbons (Fsp3) is 0. The van der Waals surface area contributed by atoms with Crippen LogP contribution in [-0.4, -0.2) is 15.8 Å². The first kappa shape index (κ1) is 11.9. The molecule has 1 N–H and O–H groups in total. The van der Waals surface area contributed by atoms with Gasteiger partial charge in [0.15, 0.2) is 11.4 Å². The minimum Gasteiger partial charge on any atom is -0.408 e. The Bertz CT molecular complexity index is 835. The molecule has 0 fully saturated rings. The van der Waals surface area contributed by atoms with Crippen molar-refractivity contribution in [1.29, 1.82) is 0 Å². The van der Waals surface area contributed by atoms with Crippen molar-refractivity contribution in [3.63, 3.8) is 0 Å². The van der Waals surface area contributed by atoms with Crippen molar-refractivity contribution < 1.29 is 9.21 Å². The summed E-state index contributed by atoms with van der Waals surface area (Å²) < 4.78 is 5.66. The summed E-state index contributed by atoms with van der Waals surface area (Å²) in [6.07, 6.45) is 3.09. The second-order valence-corrected chi connectivity index (χ2v) is 4.86. The average molecular weight is 319 g/mol. The zero-order valence-electron chi connectivity index (χ0n) is 9.51. The Hall–Kier alpha value is -2.21. The van der Waals surface area contributed by atoms with E-state index in [4.69, 9.17) is 4.42 Å². The van der Waals surface area contributed by atoms with Crippen LogP contribution in [0, 0.1) is 0 Å². The van der Waals surface area contributed by atoms with E-state index in [2.05, 4.69) is 25.9 Å². The van der Waals surface area contributed by atoms with E-state index in [0.717, 1.165) is 4.47 Å². The van der Waals surface area contributed by atoms with E-state index in [1.165, 1.54) is 12.3 Å². The van der Waals surface area contributed by atoms with Gasteiger partial charge >= 0.3 is 5.76 Å². The zero-order valence-corrected chi connectivity index (χ0v) is 11.1. The van der Waals surface area contributed by atoms with Gasteiger partial charge in [0, 0.05) is 28.0 Å². The number of ketones is 1. The summed E-state index contributed by atoms with van der Waals surface area (Å²) in [7, 11) is 0. The standard InChI is InChI=1S/C13H7BrN2O3/c14-9-3-8(5-15-6-9)12(17)7-1-2-10-11(4-7)19-13(18)16-10/h1-6H,(H,16,18). The van der Waals surface area contributed by atoms with Crippen molar-refractivity contribution in [2.75, 3.05) is 0 Å². The maximum absolute atomic E-state index is 12.3. The van der Waals surface area contributed by atoms with E-state index in [0.29, 0.717) is 22.2 Å². The van der Waals surface area contributed by atoms with E-state index in [-0.39, 0.29) is 5.78 Å². The van der Waals surface area contributed by atoms with Crippen molar-refractivity contribution in [2.45, 2.75) is 0 Å². The van der Waals surface area contributed by atoms with Crippen molar-refractivity contribution in [1.82, 2.24) is 9.97 Å². The zero-order chi connectivity index (χ0) is 13.4. The van der Waals surface area contributed by atoms with Crippen molar-refractivity contribution in [2.24, 2.45) is 0 Å². The lowest BCUT2D eigenvalue weighted by Gasteiger charge is -2.01. The van der Waals surface area contributed by atoms with Crippen LogP contribution in [0.2, 0.25) is 0 Å². The van der Waals surface area contributed by atoms with Crippen LogP contribution in [0.3, 0.4) is 0 Å². The number of nitrogens with zero attached hydrogens (tertiary/aromatic N) is 1. The van der Waals surface area contributed by atoms with Crippen LogP contribution in [-0.2, 0) is 0 Å². The maximum atomic E-state index is 12.3. The molecule has 0 saturated carbocycles. The Kier molecular flexibility index (Phi) is 2.79. The first-order valence-electron chi connectivity index (χ1n) is 5.41. The lowest BCUT2D eigenvalue weighted by Crippen LogP contribution is -2.01. The van der Waals surface area contributed by atoms with Crippen molar-refractivity contribution >= 4 is 32.8 Å². The normalized spacial score (nSPS) is 10.8. The molecule has 1 aromatic carbocycles. The Morgan fingerprint density at radius 3 is 2.84 bits per heavy atom. The van der Waals surface area contributed by atoms with Gasteiger partial charge in [0.1, 0.15) is 0 Å². The van der Waals surface area contributed by atoms with Gasteiger partial charge in [0.05, 0.1) is 5.52 Å². The SMILES string of the molecule is O=C(c1cncc(Br)c1)c1ccc2[nH]c(=O)oc2c1. The molecule has 19 heavy (non-hydrogen) atoms. The highest BCUT2D eigenvalue weighted by atomic mass is 79.9. The fourth-order valence-corrected chi connectivity index (χ4v) is 2.15. The smallest absolute Gasteiger partial charge is 0.408 e. The highest BCUT2D eigenvalue weighted by molar-refractivity contribution is 9.10. The molecule has 0 aliphatic heterocycles. The number of hydrogen-bond donors (Lipinski definition) is 1. The summed E-state index contributed by atoms with van der Waals surface area (Å²) in [6, 6.07) is 6.50. The van der Waals surface area contributed by atoms with Crippen LogP contribution in [0.5, 0.6) is 0 Å². The molecule has 0 radical (unpaired) electrons. The van der Waals surface area contributed by atoms with Gasteiger partial charge in [-0.1, -0.05) is 0 Å². The van der Waals surface area contributed by atoms with Gasteiger partial charge in [0.25, 0.3) is 0 Å². The van der Waals surface area contributed by atoms with Gasteiger partial charge in [-0.25, -0.2) is 4.79 Å². The van der Waals surface area contributed by atoms with Crippen LogP contribution < -0.4 is 5.76 Å². The molecule has 3 rings (SSSR count). The maximum Gasteiger partial charge on any atom is 0.417 e. The van der Waals surface area contributed by atoms with Crippen molar-refractivity contribution in [3.8, 4) is 0 Å². The number of fused-ring (bicyclic) bond motifs is 1. The quantitative estimate of drug-likeness (QED) is 0.736. The average Bonchev–Trinajstić information content (AvgIpc) is 2.76. The second-order valence-electron chi connectivity index (χ2n) is 3.95. The monoisotopic (exact) mass is 318 g/mol. The molecular weight excluding hydrogens is 312 g/mol. The first-order chi connectivity index (χ1) is 9.13. The summed E-state index contributed by atoms with van der Waals surface area (Å²) in [5, 5.41) is 0. The lowest BCUT2D eigenvalue weighted by atomic mass is 10.0. The molecule has 0 saturated heterocycles. The predicted molar refractivity (Wildman–Crippen MR) is 72.2 cm³/mol. The molecule has 5 nitrogen and oxygen atoms in total. The van der Waals surface area contributed by atoms with E-state index >= 15 is 0 Å². The molecule has 94 valence electrons. The number of nitrogens with one attached hydrogen (secondary N) is 1. The molecule has 0 atom stereocenters. The molecule has 6 heteroatoms. The first-order valence-corrected chi connectivity index (χ1v) is 6.21. The van der Waals surface area contributed by atoms with E-state index in [9.17, 15) is 9.59 Å². The van der Waals surface area contributed by atoms with Gasteiger partial charge in [-0.05, 0) is 40.2 Å². The van der Waals surface area contributed by atoms with Crippen LogP contribution in [0.1, 0.15) is 15.9 Å². The number of carbonyl (C=O) groups excluding carboxylic acids is 1. The van der Waals surface area contributed by atoms with Crippen LogP contribution in [0.15, 0.2) is 50.3 Å². The second kappa shape index (κ2) is 4.47. The molecule has 0 aliphatic rings. The number of pyridine rings is 1. The summed E-state index contributed by atoms with van der Waals surface area (Å²) in [6.45, 7) is 0. The van der Waals surface area contributed by atoms with Gasteiger partial charge in [-0.15, -0.1) is 0 Å². The van der Waals surface area contributed by atoms with Crippen LogP contribution >= 0.6 is 15.9 Å². The Labute approximate surface area is 115 Å². The summed E-state index contributed by atoms with van der Waals surface area (Å²) in [4.78, 5) is 29.8. The largest absolute Gasteiger partial charge is 0.417 e. The van der Waals surface area contributed by atoms with Gasteiger partial charge in [-0.3, -0.25) is 14.8 Å². The third-order valence-electron chi connectivity index (χ3n) is 2.65. The number of H-pyrrole nitrogens is 1. The van der Waals surface area contributed by atoms with E-state index < -0.39 is 5.76 Å². The molecule has 0 bridgehead atoms. The molecule has 0 aliphatic carbocycles. The number of rotatable bonds is 2. The molecule has 2 heterocycles. The number of oxazole rings is 1.